The van der Waals surface area contributed by atoms with Crippen LogP contribution in [-0.2, 0) is 26.0 Å². The average molecular weight is 961 g/mol. The number of benzene rings is 4. The van der Waals surface area contributed by atoms with E-state index in [1.165, 1.54) is 30.0 Å². The second-order valence-electron chi connectivity index (χ2n) is 14.1. The minimum absolute atomic E-state index is 0.150. The number of hydrogen-bond donors (Lipinski definition) is 5. The lowest BCUT2D eigenvalue weighted by Gasteiger charge is -2.22. The first-order chi connectivity index (χ1) is 30.6. The Morgan fingerprint density at radius 3 is 2.05 bits per heavy atom. The summed E-state index contributed by atoms with van der Waals surface area (Å²) in [4.78, 5) is 18.7. The van der Waals surface area contributed by atoms with Gasteiger partial charge in [0.2, 0.25) is 11.9 Å². The van der Waals surface area contributed by atoms with Crippen LogP contribution in [0.1, 0.15) is 38.8 Å². The van der Waals surface area contributed by atoms with Gasteiger partial charge in [-0.15, -0.1) is 10.2 Å². The van der Waals surface area contributed by atoms with E-state index in [9.17, 15) is 25.9 Å². The van der Waals surface area contributed by atoms with E-state index in [2.05, 4.69) is 67.1 Å². The van der Waals surface area contributed by atoms with Crippen LogP contribution >= 0.6 is 34.8 Å². The summed E-state index contributed by atoms with van der Waals surface area (Å²) in [6.45, 7) is 12.9. The average Bonchev–Trinajstić information content (AvgIpc) is 3.87. The first kappa shape index (κ1) is 46.2. The molecule has 0 saturated carbocycles. The quantitative estimate of drug-likeness (QED) is 0.0232. The Kier molecular flexibility index (Phi) is 14.1. The number of aryl methyl sites for hydroxylation is 1. The summed E-state index contributed by atoms with van der Waals surface area (Å²) in [6.07, 6.45) is 0. The van der Waals surface area contributed by atoms with E-state index >= 15 is 0 Å². The van der Waals surface area contributed by atoms with Crippen molar-refractivity contribution in [3.05, 3.63) is 90.0 Å². The van der Waals surface area contributed by atoms with Crippen molar-refractivity contribution < 1.29 is 25.9 Å². The van der Waals surface area contributed by atoms with Crippen LogP contribution in [0.4, 0.5) is 51.0 Å². The zero-order chi connectivity index (χ0) is 45.8. The van der Waals surface area contributed by atoms with Crippen molar-refractivity contribution in [1.82, 2.24) is 23.7 Å². The number of aromatic nitrogens is 5. The molecule has 7 rings (SSSR count). The van der Waals surface area contributed by atoms with Gasteiger partial charge in [0.15, 0.2) is 15.0 Å². The molecule has 0 radical (unpaired) electrons. The van der Waals surface area contributed by atoms with Gasteiger partial charge in [-0.3, -0.25) is 9.11 Å². The molecule has 64 heavy (non-hydrogen) atoms. The monoisotopic (exact) mass is 960 g/mol. The lowest BCUT2D eigenvalue weighted by Crippen LogP contribution is -2.21. The van der Waals surface area contributed by atoms with Crippen molar-refractivity contribution in [3.63, 3.8) is 0 Å². The Hall–Kier alpha value is -5.82. The molecule has 0 unspecified atom stereocenters. The maximum Gasteiger partial charge on any atom is 0.294 e. The van der Waals surface area contributed by atoms with Crippen LogP contribution in [-0.4, -0.2) is 75.8 Å². The number of rotatable bonds is 18. The topological polar surface area (TPSA) is 254 Å². The van der Waals surface area contributed by atoms with E-state index in [1.54, 1.807) is 31.2 Å². The third-order valence-corrected chi connectivity index (χ3v) is 14.4. The molecular formula is C41H44N12O6S5. The molecule has 4 aromatic carbocycles. The molecule has 18 nitrogen and oxygen atoms in total. The van der Waals surface area contributed by atoms with Gasteiger partial charge in [0.05, 0.1) is 37.9 Å². The maximum atomic E-state index is 12.1. The minimum Gasteiger partial charge on any atom is -0.397 e. The molecule has 0 fully saturated rings. The predicted octanol–water partition coefficient (Wildman–Crippen LogP) is 9.88. The zero-order valence-corrected chi connectivity index (χ0v) is 39.3. The molecule has 0 amide bonds. The van der Waals surface area contributed by atoms with Crippen molar-refractivity contribution >= 4 is 116 Å². The smallest absolute Gasteiger partial charge is 0.294 e. The van der Waals surface area contributed by atoms with Crippen molar-refractivity contribution in [3.8, 4) is 11.3 Å². The van der Waals surface area contributed by atoms with Gasteiger partial charge >= 0.3 is 0 Å². The molecule has 0 saturated heterocycles. The van der Waals surface area contributed by atoms with E-state index in [0.717, 1.165) is 60.6 Å². The number of nitrogens with two attached hydrogens (primary N) is 1. The Morgan fingerprint density at radius 1 is 0.734 bits per heavy atom. The van der Waals surface area contributed by atoms with Crippen molar-refractivity contribution in [2.45, 2.75) is 55.3 Å². The largest absolute Gasteiger partial charge is 0.397 e. The summed E-state index contributed by atoms with van der Waals surface area (Å²) in [5, 5.41) is 17.2. The lowest BCUT2D eigenvalue weighted by atomic mass is 10.1. The van der Waals surface area contributed by atoms with Crippen LogP contribution < -0.4 is 26.2 Å². The number of fused-ring (bicyclic) bond motifs is 1. The summed E-state index contributed by atoms with van der Waals surface area (Å²) in [5.41, 5.74) is 12.2. The van der Waals surface area contributed by atoms with Gasteiger partial charge in [0.1, 0.15) is 5.69 Å². The van der Waals surface area contributed by atoms with Crippen LogP contribution in [0.5, 0.6) is 0 Å². The minimum atomic E-state index is -4.49. The molecule has 334 valence electrons. The van der Waals surface area contributed by atoms with Gasteiger partial charge in [-0.05, 0) is 123 Å². The molecule has 3 heterocycles. The summed E-state index contributed by atoms with van der Waals surface area (Å²) < 4.78 is 76.6. The molecule has 0 spiro atoms. The molecule has 6 N–H and O–H groups in total. The summed E-state index contributed by atoms with van der Waals surface area (Å²) in [7, 11) is -8.90. The normalized spacial score (nSPS) is 12.0. The molecule has 0 atom stereocenters. The number of nitrogen functional groups attached to an aromatic ring is 1. The van der Waals surface area contributed by atoms with Crippen LogP contribution in [0.25, 0.3) is 21.5 Å². The second kappa shape index (κ2) is 19.5. The lowest BCUT2D eigenvalue weighted by molar-refractivity contribution is 0.480. The van der Waals surface area contributed by atoms with E-state index in [0.29, 0.717) is 60.4 Å². The molecule has 3 aromatic heterocycles. The second-order valence-corrected chi connectivity index (χ2v) is 19.4. The summed E-state index contributed by atoms with van der Waals surface area (Å²) in [6, 6.07) is 22.1. The standard InChI is InChI=1S/C41H44N12O6S5/c1-6-52(7-2)27-15-17-30(42)32(21-27)43-39-45-40(47-41(46-39)60-23-25-11-10-12-29(19-25)63(54,55)56)44-33-22-28(53(8-3)9-4)16-18-31(33)48-49-37-35-36(50-62-38(35)51-61-37)26-14-13-24(5)34(20-26)64(57,58)59/h10-22H,6-9,23,42H2,1-5H3,(H,54,55,56)(H,57,58,59)(H2,43,44,45,46,47). The number of azo groups is 1. The van der Waals surface area contributed by atoms with Gasteiger partial charge in [0, 0.05) is 48.9 Å². The highest BCUT2D eigenvalue weighted by atomic mass is 32.2. The van der Waals surface area contributed by atoms with Crippen LogP contribution in [0.15, 0.2) is 104 Å². The van der Waals surface area contributed by atoms with Crippen molar-refractivity contribution in [2.24, 2.45) is 10.2 Å². The van der Waals surface area contributed by atoms with Crippen molar-refractivity contribution in [2.75, 3.05) is 52.3 Å². The number of nitrogens with zero attached hydrogens (tertiary/aromatic N) is 9. The molecule has 0 aliphatic carbocycles. The summed E-state index contributed by atoms with van der Waals surface area (Å²) >= 11 is 3.48. The molecule has 23 heteroatoms. The molecule has 0 bridgehead atoms. The van der Waals surface area contributed by atoms with E-state index < -0.39 is 20.2 Å². The van der Waals surface area contributed by atoms with Gasteiger partial charge in [0.25, 0.3) is 20.2 Å². The molecular weight excluding hydrogens is 917 g/mol. The van der Waals surface area contributed by atoms with E-state index in [4.69, 9.17) is 20.7 Å². The number of thioether (sulfide) groups is 1. The fourth-order valence-corrected chi connectivity index (χ4v) is 10.4. The number of anilines is 7. The van der Waals surface area contributed by atoms with Gasteiger partial charge < -0.3 is 26.2 Å². The molecule has 7 aromatic rings. The highest BCUT2D eigenvalue weighted by Gasteiger charge is 2.21. The number of nitrogens with one attached hydrogen (secondary N) is 2. The fraction of sp³-hybridized carbons (Fsp3) is 0.244. The first-order valence-corrected chi connectivity index (χ1v) is 25.3. The van der Waals surface area contributed by atoms with Crippen molar-refractivity contribution in [1.29, 1.82) is 0 Å². The van der Waals surface area contributed by atoms with Crippen LogP contribution in [0.2, 0.25) is 0 Å². The van der Waals surface area contributed by atoms with Gasteiger partial charge in [-0.2, -0.15) is 40.5 Å². The zero-order valence-electron chi connectivity index (χ0n) is 35.2. The maximum absolute atomic E-state index is 12.1. The Balaban J connectivity index is 1.28. The van der Waals surface area contributed by atoms with Gasteiger partial charge in [-0.25, -0.2) is 0 Å². The number of hydrogen-bond acceptors (Lipinski definition) is 19. The van der Waals surface area contributed by atoms with Gasteiger partial charge in [-0.1, -0.05) is 36.0 Å². The highest BCUT2D eigenvalue weighted by molar-refractivity contribution is 7.98. The Bertz CT molecular complexity index is 3080. The van der Waals surface area contributed by atoms with Crippen LogP contribution in [0, 0.1) is 6.92 Å². The first-order valence-electron chi connectivity index (χ1n) is 19.9. The SMILES string of the molecule is CCN(CC)c1ccc(N)c(Nc2nc(Nc3cc(N(CC)CC)ccc3N=Nc3snc4snc(-c5ccc(C)c(S(=O)(=O)O)c5)c34)nc(SCc3cccc(S(=O)(=O)O)c3)n2)c1. The third kappa shape index (κ3) is 10.6. The fourth-order valence-electron chi connectivity index (χ4n) is 6.71. The molecule has 0 aliphatic heterocycles. The summed E-state index contributed by atoms with van der Waals surface area (Å²) in [5.74, 6) is 0.582. The van der Waals surface area contributed by atoms with Crippen LogP contribution in [0.3, 0.4) is 0 Å². The third-order valence-electron chi connectivity index (χ3n) is 10.0. The Labute approximate surface area is 382 Å². The van der Waals surface area contributed by atoms with E-state index in [-0.39, 0.29) is 32.6 Å². The van der Waals surface area contributed by atoms with E-state index in [1.807, 2.05) is 36.4 Å². The highest BCUT2D eigenvalue weighted by Crippen LogP contribution is 2.42. The molecule has 0 aliphatic rings. The predicted molar refractivity (Wildman–Crippen MR) is 256 cm³/mol. The Morgan fingerprint density at radius 2 is 1.39 bits per heavy atom.